The zero-order chi connectivity index (χ0) is 16.4. The van der Waals surface area contributed by atoms with Crippen molar-refractivity contribution >= 4 is 22.6 Å². The molecule has 0 unspecified atom stereocenters. The molecule has 1 aromatic heterocycles. The van der Waals surface area contributed by atoms with Gasteiger partial charge in [0.2, 0.25) is 0 Å². The number of hydrogen-bond acceptors (Lipinski definition) is 3. The van der Waals surface area contributed by atoms with Gasteiger partial charge in [-0.2, -0.15) is 0 Å². The number of fused-ring (bicyclic) bond motifs is 1. The summed E-state index contributed by atoms with van der Waals surface area (Å²) in [5, 5.41) is 4.75. The van der Waals surface area contributed by atoms with Gasteiger partial charge in [0.25, 0.3) is 0 Å². The fourth-order valence-electron chi connectivity index (χ4n) is 2.87. The van der Waals surface area contributed by atoms with E-state index in [9.17, 15) is 0 Å². The van der Waals surface area contributed by atoms with Crippen molar-refractivity contribution in [3.05, 3.63) is 58.8 Å². The van der Waals surface area contributed by atoms with Crippen LogP contribution in [0.2, 0.25) is 0 Å². The summed E-state index contributed by atoms with van der Waals surface area (Å²) < 4.78 is 15.1. The van der Waals surface area contributed by atoms with E-state index >= 15 is 4.39 Å². The minimum absolute atomic E-state index is 0.218. The third-order valence-electron chi connectivity index (χ3n) is 4.14. The van der Waals surface area contributed by atoms with E-state index in [0.29, 0.717) is 17.5 Å². The second kappa shape index (κ2) is 6.32. The Bertz CT molecular complexity index is 847. The number of nitrogens with zero attached hydrogens (tertiary/aromatic N) is 2. The molecule has 0 radical (unpaired) electrons. The predicted molar refractivity (Wildman–Crippen MR) is 94.2 cm³/mol. The van der Waals surface area contributed by atoms with Crippen molar-refractivity contribution in [2.24, 2.45) is 4.99 Å². The Kier molecular flexibility index (Phi) is 4.24. The van der Waals surface area contributed by atoms with Gasteiger partial charge in [0.05, 0.1) is 6.54 Å². The molecule has 1 aliphatic heterocycles. The minimum atomic E-state index is -0.218. The maximum atomic E-state index is 15.1. The lowest BCUT2D eigenvalue weighted by Gasteiger charge is -2.17. The lowest BCUT2D eigenvalue weighted by atomic mass is 9.96. The van der Waals surface area contributed by atoms with Gasteiger partial charge in [-0.25, -0.2) is 4.39 Å². The number of aromatic nitrogens is 1. The van der Waals surface area contributed by atoms with Gasteiger partial charge in [-0.15, -0.1) is 0 Å². The van der Waals surface area contributed by atoms with E-state index in [1.165, 1.54) is 0 Å². The number of allylic oxidation sites excluding steroid dienone is 3. The molecule has 0 spiro atoms. The van der Waals surface area contributed by atoms with Crippen molar-refractivity contribution in [2.45, 2.75) is 20.8 Å². The Hall–Kier alpha value is -2.49. The molecule has 0 aliphatic carbocycles. The van der Waals surface area contributed by atoms with Crippen LogP contribution in [0, 0.1) is 12.7 Å². The van der Waals surface area contributed by atoms with Gasteiger partial charge in [-0.05, 0) is 32.4 Å². The van der Waals surface area contributed by atoms with E-state index in [1.807, 2.05) is 39.0 Å². The molecule has 1 aliphatic rings. The van der Waals surface area contributed by atoms with E-state index in [4.69, 9.17) is 0 Å². The summed E-state index contributed by atoms with van der Waals surface area (Å²) in [6.07, 6.45) is 5.52. The second-order valence-corrected chi connectivity index (χ2v) is 5.68. The average Bonchev–Trinajstić information content (AvgIpc) is 2.54. The summed E-state index contributed by atoms with van der Waals surface area (Å²) in [4.78, 5) is 8.63. The molecule has 0 amide bonds. The maximum absolute atomic E-state index is 15.1. The molecule has 3 rings (SSSR count). The molecule has 3 nitrogen and oxygen atoms in total. The monoisotopic (exact) mass is 309 g/mol. The zero-order valence-electron chi connectivity index (χ0n) is 13.7. The average molecular weight is 309 g/mol. The van der Waals surface area contributed by atoms with Crippen LogP contribution in [0.5, 0.6) is 0 Å². The van der Waals surface area contributed by atoms with Crippen LogP contribution in [0.3, 0.4) is 0 Å². The van der Waals surface area contributed by atoms with Gasteiger partial charge in [0, 0.05) is 52.3 Å². The van der Waals surface area contributed by atoms with Crippen LogP contribution in [0.4, 0.5) is 4.39 Å². The third-order valence-corrected chi connectivity index (χ3v) is 4.14. The first kappa shape index (κ1) is 15.4. The zero-order valence-corrected chi connectivity index (χ0v) is 13.7. The molecular formula is C19H20FN3. The number of aliphatic imine (C=N–C) groups is 1. The summed E-state index contributed by atoms with van der Waals surface area (Å²) in [5.41, 5.74) is 4.23. The standard InChI is InChI=1S/C19H20FN3/c1-4-18-13(3)17(11-21-7-8-22-18)15-6-5-14-10-23-12(2)9-16(14)19(15)20/h4-6,9-11,22H,7-8H2,1-3H3. The Morgan fingerprint density at radius 2 is 2.09 bits per heavy atom. The van der Waals surface area contributed by atoms with Crippen LogP contribution in [0.25, 0.3) is 16.3 Å². The van der Waals surface area contributed by atoms with Crippen molar-refractivity contribution in [2.75, 3.05) is 13.1 Å². The first-order valence-corrected chi connectivity index (χ1v) is 7.78. The Balaban J connectivity index is 2.25. The second-order valence-electron chi connectivity index (χ2n) is 5.68. The van der Waals surface area contributed by atoms with Gasteiger partial charge in [-0.1, -0.05) is 18.2 Å². The van der Waals surface area contributed by atoms with Crippen LogP contribution in [0.15, 0.2) is 46.7 Å². The molecule has 0 bridgehead atoms. The quantitative estimate of drug-likeness (QED) is 0.863. The van der Waals surface area contributed by atoms with Gasteiger partial charge in [0.15, 0.2) is 0 Å². The van der Waals surface area contributed by atoms with Crippen molar-refractivity contribution in [3.63, 3.8) is 0 Å². The van der Waals surface area contributed by atoms with Crippen molar-refractivity contribution in [1.82, 2.24) is 10.3 Å². The molecule has 4 heteroatoms. The molecule has 2 aromatic rings. The fraction of sp³-hybridized carbons (Fsp3) is 0.263. The number of nitrogens with one attached hydrogen (secondary N) is 1. The van der Waals surface area contributed by atoms with E-state index in [0.717, 1.165) is 34.5 Å². The highest BCUT2D eigenvalue weighted by atomic mass is 19.1. The molecular weight excluding hydrogens is 289 g/mol. The van der Waals surface area contributed by atoms with E-state index in [2.05, 4.69) is 15.3 Å². The highest BCUT2D eigenvalue weighted by molar-refractivity contribution is 6.13. The number of halogens is 1. The molecule has 2 heterocycles. The van der Waals surface area contributed by atoms with Gasteiger partial charge < -0.3 is 5.32 Å². The van der Waals surface area contributed by atoms with E-state index in [-0.39, 0.29) is 5.82 Å². The summed E-state index contributed by atoms with van der Waals surface area (Å²) in [5.74, 6) is -0.218. The number of aryl methyl sites for hydroxylation is 1. The normalized spacial score (nSPS) is 17.3. The first-order valence-electron chi connectivity index (χ1n) is 7.78. The Morgan fingerprint density at radius 3 is 2.87 bits per heavy atom. The van der Waals surface area contributed by atoms with Gasteiger partial charge in [0.1, 0.15) is 5.82 Å². The maximum Gasteiger partial charge on any atom is 0.139 e. The highest BCUT2D eigenvalue weighted by Gasteiger charge is 2.15. The number of benzene rings is 1. The largest absolute Gasteiger partial charge is 0.383 e. The molecule has 23 heavy (non-hydrogen) atoms. The van der Waals surface area contributed by atoms with Gasteiger partial charge >= 0.3 is 0 Å². The van der Waals surface area contributed by atoms with Crippen LogP contribution in [-0.2, 0) is 0 Å². The molecule has 1 N–H and O–H groups in total. The topological polar surface area (TPSA) is 37.3 Å². The Labute approximate surface area is 135 Å². The molecule has 0 atom stereocenters. The van der Waals surface area contributed by atoms with Crippen LogP contribution in [0.1, 0.15) is 25.1 Å². The predicted octanol–water partition coefficient (Wildman–Crippen LogP) is 4.03. The highest BCUT2D eigenvalue weighted by Crippen LogP contribution is 2.29. The molecule has 0 saturated carbocycles. The lowest BCUT2D eigenvalue weighted by Crippen LogP contribution is -2.20. The first-order chi connectivity index (χ1) is 11.1. The summed E-state index contributed by atoms with van der Waals surface area (Å²) in [7, 11) is 0. The Morgan fingerprint density at radius 1 is 1.26 bits per heavy atom. The van der Waals surface area contributed by atoms with Crippen molar-refractivity contribution in [3.8, 4) is 0 Å². The van der Waals surface area contributed by atoms with Crippen LogP contribution >= 0.6 is 0 Å². The molecule has 118 valence electrons. The SMILES string of the molecule is CC=C1NCCN=CC(c2ccc3cnc(C)cc3c2F)=C1C. The summed E-state index contributed by atoms with van der Waals surface area (Å²) >= 11 is 0. The van der Waals surface area contributed by atoms with Crippen molar-refractivity contribution in [1.29, 1.82) is 0 Å². The number of hydrogen-bond donors (Lipinski definition) is 1. The van der Waals surface area contributed by atoms with E-state index in [1.54, 1.807) is 18.5 Å². The third kappa shape index (κ3) is 2.89. The lowest BCUT2D eigenvalue weighted by molar-refractivity contribution is 0.636. The molecule has 0 saturated heterocycles. The minimum Gasteiger partial charge on any atom is -0.383 e. The van der Waals surface area contributed by atoms with E-state index < -0.39 is 0 Å². The smallest absolute Gasteiger partial charge is 0.139 e. The van der Waals surface area contributed by atoms with Crippen molar-refractivity contribution < 1.29 is 4.39 Å². The fourth-order valence-corrected chi connectivity index (χ4v) is 2.87. The van der Waals surface area contributed by atoms with Gasteiger partial charge in [-0.3, -0.25) is 9.98 Å². The summed E-state index contributed by atoms with van der Waals surface area (Å²) in [6, 6.07) is 5.52. The molecule has 0 fully saturated rings. The number of pyridine rings is 1. The van der Waals surface area contributed by atoms with Crippen LogP contribution in [-0.4, -0.2) is 24.3 Å². The van der Waals surface area contributed by atoms with Crippen LogP contribution < -0.4 is 5.32 Å². The number of rotatable bonds is 1. The molecule has 1 aromatic carbocycles. The summed E-state index contributed by atoms with van der Waals surface area (Å²) in [6.45, 7) is 7.30.